The van der Waals surface area contributed by atoms with E-state index in [1.165, 1.54) is 0 Å². The van der Waals surface area contributed by atoms with Gasteiger partial charge in [-0.15, -0.1) is 0 Å². The molecule has 0 heterocycles. The number of benzene rings is 2. The molecule has 18 heavy (non-hydrogen) atoms. The van der Waals surface area contributed by atoms with Crippen LogP contribution in [0.4, 0.5) is 0 Å². The Hall–Kier alpha value is -1.28. The number of phenols is 1. The summed E-state index contributed by atoms with van der Waals surface area (Å²) in [6.07, 6.45) is 0. The molecule has 0 bridgehead atoms. The van der Waals surface area contributed by atoms with Crippen LogP contribution in [0.2, 0.25) is 0 Å². The molecule has 0 unspecified atom stereocenters. The molecule has 0 aliphatic carbocycles. The molecule has 0 saturated heterocycles. The Morgan fingerprint density at radius 2 is 1.00 bits per heavy atom. The molecule has 2 heteroatoms. The molecule has 0 amide bonds. The van der Waals surface area contributed by atoms with E-state index < -0.39 is 0 Å². The first-order valence-corrected chi connectivity index (χ1v) is 7.03. The van der Waals surface area contributed by atoms with Crippen LogP contribution in [0.25, 0.3) is 0 Å². The van der Waals surface area contributed by atoms with E-state index in [-0.39, 0.29) is 0 Å². The first-order valence-electron chi connectivity index (χ1n) is 6.23. The molecule has 100 valence electrons. The molecule has 1 N–H and O–H groups in total. The van der Waals surface area contributed by atoms with Crippen molar-refractivity contribution >= 4 is 15.9 Å². The molecular weight excluding hydrogens is 288 g/mol. The third kappa shape index (κ3) is 12.8. The van der Waals surface area contributed by atoms with Gasteiger partial charge in [0.25, 0.3) is 0 Å². The van der Waals surface area contributed by atoms with Crippen molar-refractivity contribution in [1.29, 1.82) is 0 Å². The van der Waals surface area contributed by atoms with Gasteiger partial charge in [0.05, 0.1) is 0 Å². The highest BCUT2D eigenvalue weighted by Gasteiger charge is 1.75. The van der Waals surface area contributed by atoms with Crippen molar-refractivity contribution in [3.05, 3.63) is 65.1 Å². The predicted molar refractivity (Wildman–Crippen MR) is 84.9 cm³/mol. The summed E-state index contributed by atoms with van der Waals surface area (Å²) in [4.78, 5) is 0. The van der Waals surface area contributed by atoms with Gasteiger partial charge in [0.2, 0.25) is 0 Å². The van der Waals surface area contributed by atoms with Crippen LogP contribution >= 0.6 is 15.9 Å². The average molecular weight is 311 g/mol. The van der Waals surface area contributed by atoms with Gasteiger partial charge in [0.15, 0.2) is 0 Å². The van der Waals surface area contributed by atoms with Gasteiger partial charge in [-0.3, -0.25) is 0 Å². The molecule has 2 rings (SSSR count). The van der Waals surface area contributed by atoms with Crippen LogP contribution in [0.15, 0.2) is 65.1 Å². The highest BCUT2D eigenvalue weighted by atomic mass is 79.9. The summed E-state index contributed by atoms with van der Waals surface area (Å²) >= 11 is 3.31. The van der Waals surface area contributed by atoms with Crippen LogP contribution in [-0.2, 0) is 0 Å². The molecule has 0 radical (unpaired) electrons. The molecule has 2 aromatic carbocycles. The maximum atomic E-state index is 8.63. The van der Waals surface area contributed by atoms with Crippen molar-refractivity contribution in [3.8, 4) is 5.75 Å². The molecule has 0 atom stereocenters. The standard InChI is InChI=1S/C6H5Br.C6H6O.2C2H6/c2*7-6-4-2-1-3-5-6;2*1-2/h1-5H;1-5,7H;2*1-2H3. The van der Waals surface area contributed by atoms with Crippen LogP contribution in [0.1, 0.15) is 27.7 Å². The first-order chi connectivity index (χ1) is 8.79. The summed E-state index contributed by atoms with van der Waals surface area (Å²) in [7, 11) is 0. The second kappa shape index (κ2) is 15.7. The number of rotatable bonds is 0. The second-order valence-corrected chi connectivity index (χ2v) is 3.55. The highest BCUT2D eigenvalue weighted by molar-refractivity contribution is 9.10. The van der Waals surface area contributed by atoms with Crippen LogP contribution in [-0.4, -0.2) is 5.11 Å². The van der Waals surface area contributed by atoms with Crippen molar-refractivity contribution in [3.63, 3.8) is 0 Å². The van der Waals surface area contributed by atoms with Gasteiger partial charge in [-0.2, -0.15) is 0 Å². The van der Waals surface area contributed by atoms with E-state index in [9.17, 15) is 0 Å². The lowest BCUT2D eigenvalue weighted by Gasteiger charge is -1.82. The maximum Gasteiger partial charge on any atom is 0.115 e. The largest absolute Gasteiger partial charge is 0.508 e. The fourth-order valence-corrected chi connectivity index (χ4v) is 1.15. The minimum atomic E-state index is 0.322. The van der Waals surface area contributed by atoms with E-state index in [1.807, 2.05) is 64.1 Å². The maximum absolute atomic E-state index is 8.63. The molecule has 0 saturated carbocycles. The average Bonchev–Trinajstić information content (AvgIpc) is 2.46. The fraction of sp³-hybridized carbons (Fsp3) is 0.250. The fourth-order valence-electron chi connectivity index (χ4n) is 0.843. The summed E-state index contributed by atoms with van der Waals surface area (Å²) in [6.45, 7) is 8.00. The van der Waals surface area contributed by atoms with Gasteiger partial charge < -0.3 is 5.11 Å². The van der Waals surface area contributed by atoms with Crippen molar-refractivity contribution < 1.29 is 5.11 Å². The Kier molecular flexibility index (Phi) is 16.7. The lowest BCUT2D eigenvalue weighted by Crippen LogP contribution is -1.56. The Bertz CT molecular complexity index is 308. The van der Waals surface area contributed by atoms with Crippen molar-refractivity contribution in [2.45, 2.75) is 27.7 Å². The molecule has 0 spiro atoms. The van der Waals surface area contributed by atoms with E-state index in [2.05, 4.69) is 15.9 Å². The number of para-hydroxylation sites is 1. The van der Waals surface area contributed by atoms with Crippen molar-refractivity contribution in [2.75, 3.05) is 0 Å². The van der Waals surface area contributed by atoms with E-state index in [0.717, 1.165) is 4.47 Å². The summed E-state index contributed by atoms with van der Waals surface area (Å²) in [6, 6.07) is 18.7. The van der Waals surface area contributed by atoms with Crippen molar-refractivity contribution in [1.82, 2.24) is 0 Å². The van der Waals surface area contributed by atoms with Gasteiger partial charge in [-0.1, -0.05) is 80.0 Å². The Morgan fingerprint density at radius 3 is 1.17 bits per heavy atom. The van der Waals surface area contributed by atoms with E-state index in [0.29, 0.717) is 5.75 Å². The number of hydrogen-bond donors (Lipinski definition) is 1. The van der Waals surface area contributed by atoms with E-state index >= 15 is 0 Å². The summed E-state index contributed by atoms with van der Waals surface area (Å²) in [5, 5.41) is 8.63. The summed E-state index contributed by atoms with van der Waals surface area (Å²) in [5.74, 6) is 0.322. The predicted octanol–water partition coefficient (Wildman–Crippen LogP) is 5.89. The van der Waals surface area contributed by atoms with Gasteiger partial charge in [-0.05, 0) is 24.3 Å². The topological polar surface area (TPSA) is 20.2 Å². The molecule has 0 fully saturated rings. The smallest absolute Gasteiger partial charge is 0.115 e. The minimum absolute atomic E-state index is 0.322. The number of aromatic hydroxyl groups is 1. The van der Waals surface area contributed by atoms with Crippen LogP contribution in [0.3, 0.4) is 0 Å². The van der Waals surface area contributed by atoms with Gasteiger partial charge in [-0.25, -0.2) is 0 Å². The molecule has 0 aromatic heterocycles. The molecule has 1 nitrogen and oxygen atoms in total. The van der Waals surface area contributed by atoms with Gasteiger partial charge >= 0.3 is 0 Å². The highest BCUT2D eigenvalue weighted by Crippen LogP contribution is 2.05. The quantitative estimate of drug-likeness (QED) is 0.643. The number of hydrogen-bond acceptors (Lipinski definition) is 1. The monoisotopic (exact) mass is 310 g/mol. The van der Waals surface area contributed by atoms with E-state index in [4.69, 9.17) is 5.11 Å². The lowest BCUT2D eigenvalue weighted by atomic mass is 10.3. The zero-order valence-electron chi connectivity index (χ0n) is 11.6. The normalized spacial score (nSPS) is 7.39. The van der Waals surface area contributed by atoms with Crippen molar-refractivity contribution in [2.24, 2.45) is 0 Å². The first kappa shape index (κ1) is 19.1. The van der Waals surface area contributed by atoms with Crippen LogP contribution in [0, 0.1) is 0 Å². The molecular formula is C16H23BrO. The van der Waals surface area contributed by atoms with Crippen LogP contribution < -0.4 is 0 Å². The Balaban J connectivity index is 0. The molecule has 0 aliphatic heterocycles. The summed E-state index contributed by atoms with van der Waals surface area (Å²) in [5.41, 5.74) is 0. The Labute approximate surface area is 120 Å². The zero-order chi connectivity index (χ0) is 14.2. The third-order valence-corrected chi connectivity index (χ3v) is 2.02. The van der Waals surface area contributed by atoms with Gasteiger partial charge in [0, 0.05) is 4.47 Å². The lowest BCUT2D eigenvalue weighted by molar-refractivity contribution is 0.475. The third-order valence-electron chi connectivity index (χ3n) is 1.49. The zero-order valence-corrected chi connectivity index (χ0v) is 13.2. The number of halogens is 1. The van der Waals surface area contributed by atoms with Gasteiger partial charge in [0.1, 0.15) is 5.75 Å². The molecule has 2 aromatic rings. The second-order valence-electron chi connectivity index (χ2n) is 2.63. The molecule has 0 aliphatic rings. The SMILES string of the molecule is Brc1ccccc1.CC.CC.Oc1ccccc1. The van der Waals surface area contributed by atoms with Crippen LogP contribution in [0.5, 0.6) is 5.75 Å². The van der Waals surface area contributed by atoms with E-state index in [1.54, 1.807) is 24.3 Å². The number of phenolic OH excluding ortho intramolecular Hbond substituents is 1. The minimum Gasteiger partial charge on any atom is -0.508 e. The summed E-state index contributed by atoms with van der Waals surface area (Å²) < 4.78 is 1.13. The Morgan fingerprint density at radius 1 is 0.667 bits per heavy atom.